The number of nitrogens with zero attached hydrogens (tertiary/aromatic N) is 2. The van der Waals surface area contributed by atoms with Gasteiger partial charge in [0.15, 0.2) is 5.56 Å². The Morgan fingerprint density at radius 2 is 2.28 bits per heavy atom. The SMILES string of the molecule is CCOC(=O)c1cnc(Cl)c(C(F)F)c1[N+](=O)[O-]. The molecular formula is C9H7ClF2N2O4. The average molecular weight is 281 g/mol. The van der Waals surface area contributed by atoms with Crippen LogP contribution in [0.4, 0.5) is 14.5 Å². The van der Waals surface area contributed by atoms with Gasteiger partial charge >= 0.3 is 5.97 Å². The van der Waals surface area contributed by atoms with Gasteiger partial charge in [0.05, 0.1) is 17.7 Å². The van der Waals surface area contributed by atoms with Crippen molar-refractivity contribution in [3.05, 3.63) is 32.6 Å². The Bertz CT molecular complexity index is 496. The van der Waals surface area contributed by atoms with Crippen LogP contribution in [0.3, 0.4) is 0 Å². The number of carbonyl (C=O) groups excluding carboxylic acids is 1. The molecule has 9 heteroatoms. The Labute approximate surface area is 105 Å². The van der Waals surface area contributed by atoms with Crippen molar-refractivity contribution in [3.63, 3.8) is 0 Å². The van der Waals surface area contributed by atoms with Crippen molar-refractivity contribution in [2.45, 2.75) is 13.3 Å². The standard InChI is InChI=1S/C9H7ClF2N2O4/c1-2-18-9(15)4-3-13-7(10)5(8(11)12)6(4)14(16)17/h3,8H,2H2,1H3. The van der Waals surface area contributed by atoms with Gasteiger partial charge in [-0.3, -0.25) is 10.1 Å². The summed E-state index contributed by atoms with van der Waals surface area (Å²) in [5.41, 5.74) is -2.82. The first-order chi connectivity index (χ1) is 8.40. The number of alkyl halides is 2. The van der Waals surface area contributed by atoms with Crippen LogP contribution in [0.1, 0.15) is 29.3 Å². The average Bonchev–Trinajstić information content (AvgIpc) is 2.27. The first kappa shape index (κ1) is 14.2. The molecular weight excluding hydrogens is 274 g/mol. The van der Waals surface area contributed by atoms with Crippen LogP contribution in [0.2, 0.25) is 5.15 Å². The Hall–Kier alpha value is -1.83. The maximum atomic E-state index is 12.7. The van der Waals surface area contributed by atoms with E-state index in [1.807, 2.05) is 0 Å². The van der Waals surface area contributed by atoms with Gasteiger partial charge in [-0.2, -0.15) is 0 Å². The summed E-state index contributed by atoms with van der Waals surface area (Å²) in [5.74, 6) is -1.10. The van der Waals surface area contributed by atoms with Crippen molar-refractivity contribution >= 4 is 23.3 Å². The molecule has 0 bridgehead atoms. The molecule has 6 nitrogen and oxygen atoms in total. The number of rotatable bonds is 4. The lowest BCUT2D eigenvalue weighted by atomic mass is 10.1. The summed E-state index contributed by atoms with van der Waals surface area (Å²) in [6.45, 7) is 1.42. The lowest BCUT2D eigenvalue weighted by Gasteiger charge is -2.07. The Balaban J connectivity index is 3.49. The van der Waals surface area contributed by atoms with Crippen molar-refractivity contribution < 1.29 is 23.2 Å². The fourth-order valence-electron chi connectivity index (χ4n) is 1.24. The molecule has 1 aromatic rings. The molecule has 0 saturated carbocycles. The molecule has 0 saturated heterocycles. The molecule has 0 unspecified atom stereocenters. The predicted octanol–water partition coefficient (Wildman–Crippen LogP) is 2.76. The number of carbonyl (C=O) groups is 1. The van der Waals surface area contributed by atoms with Gasteiger partial charge in [-0.25, -0.2) is 18.6 Å². The van der Waals surface area contributed by atoms with E-state index in [4.69, 9.17) is 11.6 Å². The van der Waals surface area contributed by atoms with Crippen LogP contribution in [0.5, 0.6) is 0 Å². The van der Waals surface area contributed by atoms with Crippen LogP contribution in [0, 0.1) is 10.1 Å². The Kier molecular flexibility index (Phi) is 4.49. The molecule has 1 heterocycles. The van der Waals surface area contributed by atoms with Gasteiger partial charge in [-0.05, 0) is 6.92 Å². The Morgan fingerprint density at radius 1 is 1.67 bits per heavy atom. The number of hydrogen-bond acceptors (Lipinski definition) is 5. The summed E-state index contributed by atoms with van der Waals surface area (Å²) in [5, 5.41) is 10.1. The third-order valence-electron chi connectivity index (χ3n) is 1.94. The van der Waals surface area contributed by atoms with E-state index in [0.717, 1.165) is 6.20 Å². The quantitative estimate of drug-likeness (QED) is 0.366. The zero-order valence-electron chi connectivity index (χ0n) is 9.02. The molecule has 0 aliphatic heterocycles. The Morgan fingerprint density at radius 3 is 2.72 bits per heavy atom. The molecule has 0 fully saturated rings. The van der Waals surface area contributed by atoms with E-state index in [0.29, 0.717) is 0 Å². The fourth-order valence-corrected chi connectivity index (χ4v) is 1.46. The van der Waals surface area contributed by atoms with Gasteiger partial charge in [0.25, 0.3) is 12.1 Å². The van der Waals surface area contributed by atoms with Crippen molar-refractivity contribution in [2.75, 3.05) is 6.61 Å². The largest absolute Gasteiger partial charge is 0.462 e. The predicted molar refractivity (Wildman–Crippen MR) is 56.8 cm³/mol. The van der Waals surface area contributed by atoms with E-state index in [1.165, 1.54) is 6.92 Å². The summed E-state index contributed by atoms with van der Waals surface area (Å²) in [7, 11) is 0. The van der Waals surface area contributed by atoms with Crippen molar-refractivity contribution in [1.82, 2.24) is 4.98 Å². The second-order valence-electron chi connectivity index (χ2n) is 3.00. The molecule has 0 aliphatic carbocycles. The normalized spacial score (nSPS) is 10.5. The highest BCUT2D eigenvalue weighted by molar-refractivity contribution is 6.30. The second-order valence-corrected chi connectivity index (χ2v) is 3.36. The van der Waals surface area contributed by atoms with E-state index in [-0.39, 0.29) is 6.61 Å². The number of aromatic nitrogens is 1. The van der Waals surface area contributed by atoms with Crippen LogP contribution >= 0.6 is 11.6 Å². The zero-order valence-corrected chi connectivity index (χ0v) is 9.78. The van der Waals surface area contributed by atoms with E-state index >= 15 is 0 Å². The molecule has 0 spiro atoms. The van der Waals surface area contributed by atoms with Gasteiger partial charge in [0.2, 0.25) is 0 Å². The van der Waals surface area contributed by atoms with Crippen LogP contribution in [-0.4, -0.2) is 22.5 Å². The highest BCUT2D eigenvalue weighted by Crippen LogP contribution is 2.36. The number of nitro groups is 1. The first-order valence-electron chi connectivity index (χ1n) is 4.68. The van der Waals surface area contributed by atoms with Crippen LogP contribution in [0.25, 0.3) is 0 Å². The maximum Gasteiger partial charge on any atom is 0.346 e. The minimum atomic E-state index is -3.22. The van der Waals surface area contributed by atoms with Crippen LogP contribution < -0.4 is 0 Å². The molecule has 0 atom stereocenters. The van der Waals surface area contributed by atoms with Crippen LogP contribution in [-0.2, 0) is 4.74 Å². The van der Waals surface area contributed by atoms with Gasteiger partial charge in [-0.15, -0.1) is 0 Å². The molecule has 0 radical (unpaired) electrons. The first-order valence-corrected chi connectivity index (χ1v) is 5.06. The molecule has 1 rings (SSSR count). The van der Waals surface area contributed by atoms with Crippen molar-refractivity contribution in [1.29, 1.82) is 0 Å². The molecule has 0 amide bonds. The van der Waals surface area contributed by atoms with E-state index in [9.17, 15) is 23.7 Å². The highest BCUT2D eigenvalue weighted by atomic mass is 35.5. The smallest absolute Gasteiger partial charge is 0.346 e. The third-order valence-corrected chi connectivity index (χ3v) is 2.24. The number of pyridine rings is 1. The van der Waals surface area contributed by atoms with Gasteiger partial charge in [0, 0.05) is 0 Å². The van der Waals surface area contributed by atoms with Crippen molar-refractivity contribution in [3.8, 4) is 0 Å². The summed E-state index contributed by atoms with van der Waals surface area (Å²) in [6, 6.07) is 0. The molecule has 1 aromatic heterocycles. The van der Waals surface area contributed by atoms with Crippen molar-refractivity contribution in [2.24, 2.45) is 0 Å². The number of ether oxygens (including phenoxy) is 1. The summed E-state index contributed by atoms with van der Waals surface area (Å²) in [6.07, 6.45) is -2.48. The topological polar surface area (TPSA) is 82.3 Å². The summed E-state index contributed by atoms with van der Waals surface area (Å²) >= 11 is 5.37. The lowest BCUT2D eigenvalue weighted by molar-refractivity contribution is -0.386. The summed E-state index contributed by atoms with van der Waals surface area (Å²) < 4.78 is 29.9. The minimum absolute atomic E-state index is 0.0530. The number of hydrogen-bond donors (Lipinski definition) is 0. The second kappa shape index (κ2) is 5.67. The van der Waals surface area contributed by atoms with Gasteiger partial charge in [-0.1, -0.05) is 11.6 Å². The lowest BCUT2D eigenvalue weighted by Crippen LogP contribution is -2.11. The molecule has 0 aliphatic rings. The van der Waals surface area contributed by atoms with Gasteiger partial charge in [0.1, 0.15) is 10.7 Å². The number of halogens is 3. The highest BCUT2D eigenvalue weighted by Gasteiger charge is 2.33. The zero-order chi connectivity index (χ0) is 13.9. The van der Waals surface area contributed by atoms with E-state index in [1.54, 1.807) is 0 Å². The third kappa shape index (κ3) is 2.70. The molecule has 0 aromatic carbocycles. The van der Waals surface area contributed by atoms with Crippen LogP contribution in [0.15, 0.2) is 6.20 Å². The van der Waals surface area contributed by atoms with E-state index < -0.39 is 39.3 Å². The molecule has 98 valence electrons. The van der Waals surface area contributed by atoms with E-state index in [2.05, 4.69) is 9.72 Å². The summed E-state index contributed by atoms with van der Waals surface area (Å²) in [4.78, 5) is 24.4. The molecule has 0 N–H and O–H groups in total. The number of esters is 1. The molecule has 18 heavy (non-hydrogen) atoms. The van der Waals surface area contributed by atoms with Gasteiger partial charge < -0.3 is 4.74 Å². The minimum Gasteiger partial charge on any atom is -0.462 e. The monoisotopic (exact) mass is 280 g/mol. The maximum absolute atomic E-state index is 12.7. The fraction of sp³-hybridized carbons (Fsp3) is 0.333.